The second kappa shape index (κ2) is 3.73. The molecule has 0 aromatic rings. The summed E-state index contributed by atoms with van der Waals surface area (Å²) < 4.78 is 0. The summed E-state index contributed by atoms with van der Waals surface area (Å²) in [5.74, 6) is 3.10. The fourth-order valence-corrected chi connectivity index (χ4v) is 4.19. The summed E-state index contributed by atoms with van der Waals surface area (Å²) in [5.41, 5.74) is 0.452. The van der Waals surface area contributed by atoms with Gasteiger partial charge in [0.15, 0.2) is 0 Å². The molecule has 0 radical (unpaired) electrons. The number of fused-ring (bicyclic) bond motifs is 3. The fraction of sp³-hybridized carbons (Fsp3) is 1.00. The van der Waals surface area contributed by atoms with E-state index in [4.69, 9.17) is 0 Å². The van der Waals surface area contributed by atoms with Crippen LogP contribution in [0, 0.1) is 23.2 Å². The Morgan fingerprint density at radius 1 is 1.06 bits per heavy atom. The normalized spacial score (nSPS) is 43.7. The van der Waals surface area contributed by atoms with E-state index in [-0.39, 0.29) is 0 Å². The Morgan fingerprint density at radius 2 is 1.81 bits per heavy atom. The smallest absolute Gasteiger partial charge is 0.0147 e. The molecule has 2 saturated heterocycles. The van der Waals surface area contributed by atoms with Gasteiger partial charge < -0.3 is 5.32 Å². The zero-order chi connectivity index (χ0) is 11.3. The third-order valence-electron chi connectivity index (χ3n) is 5.15. The van der Waals surface area contributed by atoms with E-state index in [1.807, 2.05) is 0 Å². The van der Waals surface area contributed by atoms with Gasteiger partial charge in [-0.25, -0.2) is 0 Å². The minimum absolute atomic E-state index is 0.452. The van der Waals surface area contributed by atoms with E-state index < -0.39 is 0 Å². The van der Waals surface area contributed by atoms with Crippen LogP contribution >= 0.6 is 0 Å². The monoisotopic (exact) mass is 221 g/mol. The summed E-state index contributed by atoms with van der Waals surface area (Å²) in [6, 6.07) is 1.64. The largest absolute Gasteiger partial charge is 0.310 e. The molecule has 16 heavy (non-hydrogen) atoms. The molecule has 4 fully saturated rings. The number of nitrogens with one attached hydrogen (secondary N) is 1. The predicted octanol–water partition coefficient (Wildman–Crippen LogP) is 3.59. The molecule has 92 valence electrons. The van der Waals surface area contributed by atoms with Crippen LogP contribution in [0.1, 0.15) is 59.3 Å². The predicted molar refractivity (Wildman–Crippen MR) is 68.3 cm³/mol. The summed E-state index contributed by atoms with van der Waals surface area (Å²) in [6.45, 7) is 7.21. The highest BCUT2D eigenvalue weighted by Crippen LogP contribution is 2.47. The Morgan fingerprint density at radius 3 is 2.31 bits per heavy atom. The molecule has 0 spiro atoms. The van der Waals surface area contributed by atoms with Crippen molar-refractivity contribution >= 4 is 0 Å². The van der Waals surface area contributed by atoms with Gasteiger partial charge in [0.2, 0.25) is 0 Å². The van der Waals surface area contributed by atoms with Crippen LogP contribution in [-0.4, -0.2) is 12.1 Å². The first kappa shape index (κ1) is 11.1. The van der Waals surface area contributed by atoms with Gasteiger partial charge in [-0.15, -0.1) is 0 Å². The van der Waals surface area contributed by atoms with E-state index in [2.05, 4.69) is 26.1 Å². The van der Waals surface area contributed by atoms with Crippen LogP contribution in [0.4, 0.5) is 0 Å². The Hall–Kier alpha value is -0.0400. The highest BCUT2D eigenvalue weighted by atomic mass is 15.0. The molecular weight excluding hydrogens is 194 g/mol. The molecule has 1 heteroatoms. The van der Waals surface area contributed by atoms with Gasteiger partial charge in [0.25, 0.3) is 0 Å². The third kappa shape index (κ3) is 2.03. The van der Waals surface area contributed by atoms with Crippen molar-refractivity contribution < 1.29 is 0 Å². The Kier molecular flexibility index (Phi) is 2.58. The van der Waals surface area contributed by atoms with E-state index in [1.165, 1.54) is 38.5 Å². The Labute approximate surface area is 100 Å². The molecule has 1 N–H and O–H groups in total. The maximum absolute atomic E-state index is 3.98. The molecule has 2 heterocycles. The lowest BCUT2D eigenvalue weighted by Crippen LogP contribution is -2.60. The fourth-order valence-electron chi connectivity index (χ4n) is 4.19. The molecule has 0 amide bonds. The summed E-state index contributed by atoms with van der Waals surface area (Å²) >= 11 is 0. The van der Waals surface area contributed by atoms with Crippen LogP contribution in [0.15, 0.2) is 0 Å². The van der Waals surface area contributed by atoms with Gasteiger partial charge >= 0.3 is 0 Å². The standard InChI is InChI=1S/C15H27N/c1-15(2,3)14-11-6-7-13(16-14)12(9-11)8-10-4-5-10/h10-14,16H,4-9H2,1-3H3. The molecule has 4 rings (SSSR count). The van der Waals surface area contributed by atoms with Crippen LogP contribution in [0.2, 0.25) is 0 Å². The quantitative estimate of drug-likeness (QED) is 0.751. The SMILES string of the molecule is CC(C)(C)C1NC2CCC1CC2CC1CC1. The van der Waals surface area contributed by atoms with Gasteiger partial charge in [-0.2, -0.15) is 0 Å². The van der Waals surface area contributed by atoms with E-state index in [1.54, 1.807) is 0 Å². The number of rotatable bonds is 2. The van der Waals surface area contributed by atoms with Crippen molar-refractivity contribution in [3.63, 3.8) is 0 Å². The van der Waals surface area contributed by atoms with E-state index >= 15 is 0 Å². The molecular formula is C15H27N. The van der Waals surface area contributed by atoms with Crippen molar-refractivity contribution in [1.82, 2.24) is 5.32 Å². The molecule has 0 aromatic heterocycles. The molecule has 2 aliphatic heterocycles. The summed E-state index contributed by atoms with van der Waals surface area (Å²) in [7, 11) is 0. The van der Waals surface area contributed by atoms with Gasteiger partial charge in [-0.1, -0.05) is 33.6 Å². The highest BCUT2D eigenvalue weighted by molar-refractivity contribution is 5.02. The third-order valence-corrected chi connectivity index (χ3v) is 5.15. The molecule has 4 unspecified atom stereocenters. The van der Waals surface area contributed by atoms with Crippen LogP contribution in [0.5, 0.6) is 0 Å². The first-order valence-electron chi connectivity index (χ1n) is 7.30. The van der Waals surface area contributed by atoms with Crippen LogP contribution in [0.3, 0.4) is 0 Å². The lowest BCUT2D eigenvalue weighted by Gasteiger charge is -2.53. The lowest BCUT2D eigenvalue weighted by molar-refractivity contribution is 0.0293. The van der Waals surface area contributed by atoms with Crippen molar-refractivity contribution in [2.24, 2.45) is 23.2 Å². The highest BCUT2D eigenvalue weighted by Gasteiger charge is 2.46. The maximum Gasteiger partial charge on any atom is 0.0147 e. The van der Waals surface area contributed by atoms with Crippen molar-refractivity contribution in [2.75, 3.05) is 0 Å². The van der Waals surface area contributed by atoms with Gasteiger partial charge in [-0.05, 0) is 48.9 Å². The second-order valence-electron chi connectivity index (χ2n) is 7.63. The molecule has 2 aliphatic carbocycles. The Bertz CT molecular complexity index is 261. The minimum Gasteiger partial charge on any atom is -0.310 e. The lowest BCUT2D eigenvalue weighted by atomic mass is 9.63. The topological polar surface area (TPSA) is 12.0 Å². The Balaban J connectivity index is 1.66. The minimum atomic E-state index is 0.452. The maximum atomic E-state index is 3.98. The average molecular weight is 221 g/mol. The van der Waals surface area contributed by atoms with Crippen molar-refractivity contribution in [2.45, 2.75) is 71.4 Å². The average Bonchev–Trinajstić information content (AvgIpc) is 3.01. The van der Waals surface area contributed by atoms with Gasteiger partial charge in [0, 0.05) is 12.1 Å². The van der Waals surface area contributed by atoms with Gasteiger partial charge in [0.1, 0.15) is 0 Å². The number of hydrogen-bond acceptors (Lipinski definition) is 1. The van der Waals surface area contributed by atoms with E-state index in [9.17, 15) is 0 Å². The molecule has 4 aliphatic rings. The number of hydrogen-bond donors (Lipinski definition) is 1. The first-order valence-corrected chi connectivity index (χ1v) is 7.30. The first-order chi connectivity index (χ1) is 7.54. The van der Waals surface area contributed by atoms with Gasteiger partial charge in [-0.3, -0.25) is 0 Å². The zero-order valence-electron chi connectivity index (χ0n) is 11.1. The summed E-state index contributed by atoms with van der Waals surface area (Å²) in [5, 5.41) is 3.98. The molecule has 2 bridgehead atoms. The van der Waals surface area contributed by atoms with Crippen LogP contribution < -0.4 is 5.32 Å². The van der Waals surface area contributed by atoms with E-state index in [0.29, 0.717) is 5.41 Å². The molecule has 0 aromatic carbocycles. The second-order valence-corrected chi connectivity index (χ2v) is 7.63. The van der Waals surface area contributed by atoms with Crippen LogP contribution in [0.25, 0.3) is 0 Å². The zero-order valence-corrected chi connectivity index (χ0v) is 11.1. The number of piperidine rings is 2. The van der Waals surface area contributed by atoms with Gasteiger partial charge in [0.05, 0.1) is 0 Å². The van der Waals surface area contributed by atoms with Crippen molar-refractivity contribution in [3.8, 4) is 0 Å². The van der Waals surface area contributed by atoms with Crippen molar-refractivity contribution in [3.05, 3.63) is 0 Å². The molecule has 4 atom stereocenters. The van der Waals surface area contributed by atoms with Crippen molar-refractivity contribution in [1.29, 1.82) is 0 Å². The van der Waals surface area contributed by atoms with Crippen LogP contribution in [-0.2, 0) is 0 Å². The van der Waals surface area contributed by atoms with E-state index in [0.717, 1.165) is 29.8 Å². The summed E-state index contributed by atoms with van der Waals surface area (Å²) in [4.78, 5) is 0. The summed E-state index contributed by atoms with van der Waals surface area (Å²) in [6.07, 6.45) is 9.05. The molecule has 2 saturated carbocycles. The molecule has 1 nitrogen and oxygen atoms in total.